The topological polar surface area (TPSA) is 74.8 Å². The minimum Gasteiger partial charge on any atom is -0.466 e. The van der Waals surface area contributed by atoms with Gasteiger partial charge in [-0.2, -0.15) is 0 Å². The molecule has 1 aliphatic heterocycles. The Morgan fingerprint density at radius 1 is 1.30 bits per heavy atom. The molecule has 0 bridgehead atoms. The molecule has 0 radical (unpaired) electrons. The molecule has 1 N–H and O–H groups in total. The van der Waals surface area contributed by atoms with Crippen LogP contribution in [-0.2, 0) is 14.3 Å². The molecule has 0 unspecified atom stereocenters. The normalized spacial score (nSPS) is 15.6. The van der Waals surface area contributed by atoms with Crippen molar-refractivity contribution in [3.05, 3.63) is 36.5 Å². The number of nitrogens with zero attached hydrogens (tertiary/aromatic N) is 3. The number of methoxy groups -OCH3 is 1. The quantitative estimate of drug-likeness (QED) is 0.590. The lowest BCUT2D eigenvalue weighted by Crippen LogP contribution is -2.49. The molecule has 0 spiro atoms. The molecule has 2 rings (SSSR count). The van der Waals surface area contributed by atoms with E-state index in [4.69, 9.17) is 0 Å². The summed E-state index contributed by atoms with van der Waals surface area (Å²) in [6.45, 7) is 4.03. The molecule has 1 fully saturated rings. The Hall–Kier alpha value is -2.41. The van der Waals surface area contributed by atoms with Gasteiger partial charge < -0.3 is 15.0 Å². The van der Waals surface area contributed by atoms with Crippen molar-refractivity contribution in [2.24, 2.45) is 0 Å². The number of pyridine rings is 1. The van der Waals surface area contributed by atoms with E-state index in [0.29, 0.717) is 13.1 Å². The van der Waals surface area contributed by atoms with Crippen LogP contribution < -0.4 is 10.2 Å². The van der Waals surface area contributed by atoms with Gasteiger partial charge in [0, 0.05) is 45.0 Å². The highest BCUT2D eigenvalue weighted by atomic mass is 16.5. The lowest BCUT2D eigenvalue weighted by molar-refractivity contribution is -0.134. The van der Waals surface area contributed by atoms with E-state index in [2.05, 4.69) is 24.8 Å². The number of rotatable bonds is 6. The van der Waals surface area contributed by atoms with E-state index in [-0.39, 0.29) is 5.91 Å². The summed E-state index contributed by atoms with van der Waals surface area (Å²) in [6, 6.07) is 5.87. The number of carbonyl (C=O) groups is 2. The number of hydrogen-bond acceptors (Lipinski definition) is 6. The Morgan fingerprint density at radius 2 is 2.09 bits per heavy atom. The molecule has 0 atom stereocenters. The van der Waals surface area contributed by atoms with Crippen LogP contribution in [0.25, 0.3) is 0 Å². The zero-order valence-corrected chi connectivity index (χ0v) is 13.3. The predicted octanol–water partition coefficient (Wildman–Crippen LogP) is 0.0490. The molecule has 23 heavy (non-hydrogen) atoms. The SMILES string of the molecule is COC(=O)/C=C/CNC(=O)CN1CCN(c2ccccn2)CC1. The second kappa shape index (κ2) is 8.89. The van der Waals surface area contributed by atoms with Crippen LogP contribution in [0.15, 0.2) is 36.5 Å². The van der Waals surface area contributed by atoms with Crippen molar-refractivity contribution in [2.45, 2.75) is 0 Å². The first-order valence-corrected chi connectivity index (χ1v) is 7.58. The summed E-state index contributed by atoms with van der Waals surface area (Å²) >= 11 is 0. The Morgan fingerprint density at radius 3 is 2.74 bits per heavy atom. The van der Waals surface area contributed by atoms with Gasteiger partial charge in [-0.15, -0.1) is 0 Å². The summed E-state index contributed by atoms with van der Waals surface area (Å²) in [5, 5.41) is 2.75. The highest BCUT2D eigenvalue weighted by molar-refractivity contribution is 5.82. The Kier molecular flexibility index (Phi) is 6.56. The summed E-state index contributed by atoms with van der Waals surface area (Å²) in [5.74, 6) is 0.500. The van der Waals surface area contributed by atoms with Gasteiger partial charge in [0.05, 0.1) is 13.7 Å². The van der Waals surface area contributed by atoms with Crippen LogP contribution in [0.3, 0.4) is 0 Å². The zero-order valence-electron chi connectivity index (χ0n) is 13.3. The molecule has 1 amide bonds. The molecular weight excluding hydrogens is 296 g/mol. The minimum absolute atomic E-state index is 0.0502. The molecule has 0 aliphatic carbocycles. The van der Waals surface area contributed by atoms with Crippen LogP contribution in [0, 0.1) is 0 Å². The van der Waals surface area contributed by atoms with Crippen LogP contribution >= 0.6 is 0 Å². The van der Waals surface area contributed by atoms with Gasteiger partial charge in [0.2, 0.25) is 5.91 Å². The van der Waals surface area contributed by atoms with Crippen molar-refractivity contribution in [1.29, 1.82) is 0 Å². The van der Waals surface area contributed by atoms with Crippen molar-refractivity contribution in [3.63, 3.8) is 0 Å². The van der Waals surface area contributed by atoms with E-state index in [1.165, 1.54) is 13.2 Å². The van der Waals surface area contributed by atoms with Crippen LogP contribution in [0.4, 0.5) is 5.82 Å². The molecule has 1 aromatic heterocycles. The molecule has 1 aliphatic rings. The van der Waals surface area contributed by atoms with Gasteiger partial charge in [0.15, 0.2) is 0 Å². The fourth-order valence-electron chi connectivity index (χ4n) is 2.33. The number of piperazine rings is 1. The van der Waals surface area contributed by atoms with Crippen molar-refractivity contribution in [1.82, 2.24) is 15.2 Å². The minimum atomic E-state index is -0.426. The average molecular weight is 318 g/mol. The number of aromatic nitrogens is 1. The summed E-state index contributed by atoms with van der Waals surface area (Å²) in [5.41, 5.74) is 0. The van der Waals surface area contributed by atoms with Gasteiger partial charge in [-0.25, -0.2) is 9.78 Å². The van der Waals surface area contributed by atoms with Crippen LogP contribution in [-0.4, -0.2) is 68.1 Å². The monoisotopic (exact) mass is 318 g/mol. The van der Waals surface area contributed by atoms with Gasteiger partial charge in [-0.3, -0.25) is 9.69 Å². The first-order chi connectivity index (χ1) is 11.2. The number of amides is 1. The number of ether oxygens (including phenoxy) is 1. The summed E-state index contributed by atoms with van der Waals surface area (Å²) < 4.78 is 4.47. The molecule has 2 heterocycles. The number of anilines is 1. The average Bonchev–Trinajstić information content (AvgIpc) is 2.60. The Bertz CT molecular complexity index is 540. The molecular formula is C16H22N4O3. The van der Waals surface area contributed by atoms with Crippen molar-refractivity contribution >= 4 is 17.7 Å². The smallest absolute Gasteiger partial charge is 0.330 e. The van der Waals surface area contributed by atoms with Gasteiger partial charge >= 0.3 is 5.97 Å². The highest BCUT2D eigenvalue weighted by Gasteiger charge is 2.19. The summed E-state index contributed by atoms with van der Waals surface area (Å²) in [6.07, 6.45) is 4.66. The maximum Gasteiger partial charge on any atom is 0.330 e. The van der Waals surface area contributed by atoms with Crippen LogP contribution in [0.2, 0.25) is 0 Å². The number of hydrogen-bond donors (Lipinski definition) is 1. The second-order valence-corrected chi connectivity index (χ2v) is 5.18. The van der Waals surface area contributed by atoms with E-state index < -0.39 is 5.97 Å². The maximum atomic E-state index is 11.8. The fourth-order valence-corrected chi connectivity index (χ4v) is 2.33. The summed E-state index contributed by atoms with van der Waals surface area (Å²) in [4.78, 5) is 31.4. The molecule has 0 saturated carbocycles. The van der Waals surface area contributed by atoms with E-state index in [1.54, 1.807) is 12.3 Å². The van der Waals surface area contributed by atoms with E-state index in [0.717, 1.165) is 32.0 Å². The third-order valence-corrected chi connectivity index (χ3v) is 3.58. The third kappa shape index (κ3) is 5.71. The van der Waals surface area contributed by atoms with Crippen LogP contribution in [0.5, 0.6) is 0 Å². The van der Waals surface area contributed by atoms with E-state index >= 15 is 0 Å². The number of nitrogens with one attached hydrogen (secondary N) is 1. The standard InChI is InChI=1S/C16H22N4O3/c1-23-16(22)6-4-8-18-15(21)13-19-9-11-20(12-10-19)14-5-2-3-7-17-14/h2-7H,8-13H2,1H3,(H,18,21)/b6-4+. The van der Waals surface area contributed by atoms with Gasteiger partial charge in [-0.05, 0) is 12.1 Å². The maximum absolute atomic E-state index is 11.8. The van der Waals surface area contributed by atoms with Gasteiger partial charge in [-0.1, -0.05) is 12.1 Å². The molecule has 1 saturated heterocycles. The second-order valence-electron chi connectivity index (χ2n) is 5.18. The first-order valence-electron chi connectivity index (χ1n) is 7.58. The number of carbonyl (C=O) groups excluding carboxylic acids is 2. The summed E-state index contributed by atoms with van der Waals surface area (Å²) in [7, 11) is 1.32. The molecule has 124 valence electrons. The molecule has 7 nitrogen and oxygen atoms in total. The van der Waals surface area contributed by atoms with Crippen molar-refractivity contribution < 1.29 is 14.3 Å². The molecule has 1 aromatic rings. The lowest BCUT2D eigenvalue weighted by Gasteiger charge is -2.34. The third-order valence-electron chi connectivity index (χ3n) is 3.58. The van der Waals surface area contributed by atoms with Gasteiger partial charge in [0.25, 0.3) is 0 Å². The Labute approximate surface area is 135 Å². The van der Waals surface area contributed by atoms with E-state index in [1.807, 2.05) is 18.2 Å². The van der Waals surface area contributed by atoms with Crippen LogP contribution in [0.1, 0.15) is 0 Å². The molecule has 0 aromatic carbocycles. The van der Waals surface area contributed by atoms with Crippen molar-refractivity contribution in [3.8, 4) is 0 Å². The molecule has 7 heteroatoms. The predicted molar refractivity (Wildman–Crippen MR) is 87.1 cm³/mol. The fraction of sp³-hybridized carbons (Fsp3) is 0.438. The highest BCUT2D eigenvalue weighted by Crippen LogP contribution is 2.12. The Balaban J connectivity index is 1.67. The lowest BCUT2D eigenvalue weighted by atomic mass is 10.3. The van der Waals surface area contributed by atoms with Crippen molar-refractivity contribution in [2.75, 3.05) is 51.3 Å². The van der Waals surface area contributed by atoms with E-state index in [9.17, 15) is 9.59 Å². The largest absolute Gasteiger partial charge is 0.466 e. The zero-order chi connectivity index (χ0) is 16.5. The number of esters is 1. The first kappa shape index (κ1) is 17.0. The van der Waals surface area contributed by atoms with Gasteiger partial charge in [0.1, 0.15) is 5.82 Å².